The first-order valence-electron chi connectivity index (χ1n) is 6.84. The molecule has 1 unspecified atom stereocenters. The van der Waals surface area contributed by atoms with Gasteiger partial charge in [-0.1, -0.05) is 25.4 Å². The molecule has 100 valence electrons. The van der Waals surface area contributed by atoms with Crippen molar-refractivity contribution in [1.29, 1.82) is 0 Å². The minimum atomic E-state index is 0.548. The monoisotopic (exact) mass is 267 g/mol. The van der Waals surface area contributed by atoms with E-state index in [0.29, 0.717) is 11.2 Å². The number of rotatable bonds is 4. The third-order valence-electron chi connectivity index (χ3n) is 3.54. The van der Waals surface area contributed by atoms with E-state index in [1.807, 2.05) is 13.0 Å². The van der Waals surface area contributed by atoms with Crippen LogP contribution in [-0.2, 0) is 0 Å². The van der Waals surface area contributed by atoms with E-state index in [-0.39, 0.29) is 0 Å². The Kier molecular flexibility index (Phi) is 4.44. The SMILES string of the molecule is Cc1nc(Cl)cc(N2CCCC2CCC(C)C)n1. The van der Waals surface area contributed by atoms with Crippen molar-refractivity contribution < 1.29 is 0 Å². The van der Waals surface area contributed by atoms with Crippen molar-refractivity contribution >= 4 is 17.4 Å². The van der Waals surface area contributed by atoms with E-state index >= 15 is 0 Å². The lowest BCUT2D eigenvalue weighted by Crippen LogP contribution is -2.30. The van der Waals surface area contributed by atoms with Gasteiger partial charge >= 0.3 is 0 Å². The van der Waals surface area contributed by atoms with Crippen LogP contribution < -0.4 is 4.90 Å². The van der Waals surface area contributed by atoms with Crippen LogP contribution in [-0.4, -0.2) is 22.6 Å². The molecule has 0 amide bonds. The number of aryl methyl sites for hydroxylation is 1. The highest BCUT2D eigenvalue weighted by Gasteiger charge is 2.25. The van der Waals surface area contributed by atoms with E-state index in [1.54, 1.807) is 0 Å². The number of nitrogens with zero attached hydrogens (tertiary/aromatic N) is 3. The molecular weight excluding hydrogens is 246 g/mol. The fraction of sp³-hybridized carbons (Fsp3) is 0.714. The molecule has 18 heavy (non-hydrogen) atoms. The topological polar surface area (TPSA) is 29.0 Å². The number of halogens is 1. The van der Waals surface area contributed by atoms with Crippen molar-refractivity contribution in [3.05, 3.63) is 17.0 Å². The molecule has 0 aliphatic carbocycles. The van der Waals surface area contributed by atoms with Crippen LogP contribution in [0.4, 0.5) is 5.82 Å². The van der Waals surface area contributed by atoms with E-state index in [2.05, 4.69) is 28.7 Å². The van der Waals surface area contributed by atoms with Gasteiger partial charge in [-0.25, -0.2) is 9.97 Å². The predicted octanol–water partition coefficient (Wildman–Crippen LogP) is 3.84. The van der Waals surface area contributed by atoms with Gasteiger partial charge in [0.2, 0.25) is 0 Å². The molecule has 1 aromatic heterocycles. The average molecular weight is 268 g/mol. The first kappa shape index (κ1) is 13.6. The molecule has 2 heterocycles. The van der Waals surface area contributed by atoms with Gasteiger partial charge in [0.05, 0.1) is 0 Å². The first-order chi connectivity index (χ1) is 8.56. The second-order valence-corrected chi connectivity index (χ2v) is 5.94. The van der Waals surface area contributed by atoms with Crippen molar-refractivity contribution in [1.82, 2.24) is 9.97 Å². The summed E-state index contributed by atoms with van der Waals surface area (Å²) in [6.07, 6.45) is 5.05. The Hall–Kier alpha value is -0.830. The highest BCUT2D eigenvalue weighted by atomic mass is 35.5. The van der Waals surface area contributed by atoms with Crippen LogP contribution in [0.2, 0.25) is 5.15 Å². The predicted molar refractivity (Wildman–Crippen MR) is 76.2 cm³/mol. The zero-order valence-electron chi connectivity index (χ0n) is 11.5. The summed E-state index contributed by atoms with van der Waals surface area (Å²) in [6.45, 7) is 7.56. The van der Waals surface area contributed by atoms with Gasteiger partial charge in [-0.2, -0.15) is 0 Å². The summed E-state index contributed by atoms with van der Waals surface area (Å²) >= 11 is 6.03. The molecule has 1 saturated heterocycles. The molecular formula is C14H22ClN3. The second kappa shape index (κ2) is 5.87. The summed E-state index contributed by atoms with van der Waals surface area (Å²) < 4.78 is 0. The lowest BCUT2D eigenvalue weighted by Gasteiger charge is -2.26. The Morgan fingerprint density at radius 1 is 1.44 bits per heavy atom. The Labute approximate surface area is 115 Å². The molecule has 0 bridgehead atoms. The van der Waals surface area contributed by atoms with Gasteiger partial charge in [-0.3, -0.25) is 0 Å². The maximum Gasteiger partial charge on any atom is 0.134 e. The average Bonchev–Trinajstić information content (AvgIpc) is 2.72. The minimum absolute atomic E-state index is 0.548. The zero-order chi connectivity index (χ0) is 13.1. The normalized spacial score (nSPS) is 19.8. The maximum absolute atomic E-state index is 6.03. The molecule has 0 saturated carbocycles. The molecule has 1 aromatic rings. The van der Waals surface area contributed by atoms with Crippen LogP contribution in [0.15, 0.2) is 6.07 Å². The Balaban J connectivity index is 2.10. The van der Waals surface area contributed by atoms with E-state index in [0.717, 1.165) is 24.1 Å². The number of aromatic nitrogens is 2. The molecule has 0 aromatic carbocycles. The number of hydrogen-bond acceptors (Lipinski definition) is 3. The van der Waals surface area contributed by atoms with Gasteiger partial charge in [-0.15, -0.1) is 0 Å². The quantitative estimate of drug-likeness (QED) is 0.776. The van der Waals surface area contributed by atoms with Crippen LogP contribution in [0.1, 0.15) is 45.4 Å². The van der Waals surface area contributed by atoms with Crippen LogP contribution >= 0.6 is 11.6 Å². The standard InChI is InChI=1S/C14H22ClN3/c1-10(2)6-7-12-5-4-8-18(12)14-9-13(15)16-11(3)17-14/h9-10,12H,4-8H2,1-3H3. The second-order valence-electron chi connectivity index (χ2n) is 5.56. The summed E-state index contributed by atoms with van der Waals surface area (Å²) in [4.78, 5) is 11.1. The lowest BCUT2D eigenvalue weighted by atomic mass is 10.0. The van der Waals surface area contributed by atoms with Gasteiger partial charge in [0, 0.05) is 18.7 Å². The molecule has 0 N–H and O–H groups in total. The Bertz CT molecular complexity index is 386. The zero-order valence-corrected chi connectivity index (χ0v) is 12.2. The van der Waals surface area contributed by atoms with Gasteiger partial charge in [0.15, 0.2) is 0 Å². The van der Waals surface area contributed by atoms with Gasteiger partial charge in [-0.05, 0) is 38.5 Å². The van der Waals surface area contributed by atoms with E-state index < -0.39 is 0 Å². The highest BCUT2D eigenvalue weighted by Crippen LogP contribution is 2.28. The van der Waals surface area contributed by atoms with E-state index in [1.165, 1.54) is 25.7 Å². The van der Waals surface area contributed by atoms with Crippen LogP contribution in [0, 0.1) is 12.8 Å². The smallest absolute Gasteiger partial charge is 0.134 e. The highest BCUT2D eigenvalue weighted by molar-refractivity contribution is 6.29. The maximum atomic E-state index is 6.03. The Morgan fingerprint density at radius 2 is 2.22 bits per heavy atom. The summed E-state index contributed by atoms with van der Waals surface area (Å²) in [5.41, 5.74) is 0. The molecule has 1 atom stereocenters. The molecule has 3 nitrogen and oxygen atoms in total. The van der Waals surface area contributed by atoms with Gasteiger partial charge in [0.25, 0.3) is 0 Å². The molecule has 1 aliphatic heterocycles. The molecule has 2 rings (SSSR count). The summed E-state index contributed by atoms with van der Waals surface area (Å²) in [5, 5.41) is 0.548. The van der Waals surface area contributed by atoms with Gasteiger partial charge < -0.3 is 4.90 Å². The van der Waals surface area contributed by atoms with Crippen LogP contribution in [0.5, 0.6) is 0 Å². The van der Waals surface area contributed by atoms with E-state index in [4.69, 9.17) is 11.6 Å². The summed E-state index contributed by atoms with van der Waals surface area (Å²) in [5.74, 6) is 2.52. The van der Waals surface area contributed by atoms with Crippen molar-refractivity contribution in [3.63, 3.8) is 0 Å². The van der Waals surface area contributed by atoms with Crippen molar-refractivity contribution in [2.75, 3.05) is 11.4 Å². The summed E-state index contributed by atoms with van der Waals surface area (Å²) in [6, 6.07) is 2.51. The van der Waals surface area contributed by atoms with Crippen molar-refractivity contribution in [2.45, 2.75) is 52.5 Å². The van der Waals surface area contributed by atoms with Crippen molar-refractivity contribution in [3.8, 4) is 0 Å². The van der Waals surface area contributed by atoms with E-state index in [9.17, 15) is 0 Å². The molecule has 0 spiro atoms. The fourth-order valence-corrected chi connectivity index (χ4v) is 2.85. The van der Waals surface area contributed by atoms with Crippen LogP contribution in [0.3, 0.4) is 0 Å². The molecule has 1 fully saturated rings. The molecule has 1 aliphatic rings. The number of anilines is 1. The fourth-order valence-electron chi connectivity index (χ4n) is 2.63. The molecule has 0 radical (unpaired) electrons. The Morgan fingerprint density at radius 3 is 2.89 bits per heavy atom. The first-order valence-corrected chi connectivity index (χ1v) is 7.22. The van der Waals surface area contributed by atoms with Crippen LogP contribution in [0.25, 0.3) is 0 Å². The lowest BCUT2D eigenvalue weighted by molar-refractivity contribution is 0.494. The van der Waals surface area contributed by atoms with Gasteiger partial charge in [0.1, 0.15) is 16.8 Å². The third kappa shape index (κ3) is 3.35. The minimum Gasteiger partial charge on any atom is -0.353 e. The molecule has 4 heteroatoms. The third-order valence-corrected chi connectivity index (χ3v) is 3.74. The largest absolute Gasteiger partial charge is 0.353 e. The summed E-state index contributed by atoms with van der Waals surface area (Å²) in [7, 11) is 0. The number of hydrogen-bond donors (Lipinski definition) is 0. The van der Waals surface area contributed by atoms with Crippen molar-refractivity contribution in [2.24, 2.45) is 5.92 Å².